The number of hydrogen-bond acceptors (Lipinski definition) is 4. The van der Waals surface area contributed by atoms with E-state index in [1.165, 1.54) is 18.7 Å². The Labute approximate surface area is 113 Å². The fraction of sp³-hybridized carbons (Fsp3) is 0.615. The Morgan fingerprint density at radius 1 is 1.32 bits per heavy atom. The zero-order valence-electron chi connectivity index (χ0n) is 10.6. The molecule has 104 valence electrons. The summed E-state index contributed by atoms with van der Waals surface area (Å²) in [7, 11) is -3.53. The Balaban J connectivity index is 1.75. The van der Waals surface area contributed by atoms with Gasteiger partial charge in [-0.15, -0.1) is 0 Å². The summed E-state index contributed by atoms with van der Waals surface area (Å²) in [5, 5.41) is 8.96. The Kier molecular flexibility index (Phi) is 3.32. The van der Waals surface area contributed by atoms with Gasteiger partial charge in [-0.05, 0) is 42.7 Å². The van der Waals surface area contributed by atoms with Gasteiger partial charge in [-0.1, -0.05) is 12.5 Å². The lowest BCUT2D eigenvalue weighted by molar-refractivity contribution is 0.281. The largest absolute Gasteiger partial charge is 0.392 e. The maximum Gasteiger partial charge on any atom is 0.258 e. The van der Waals surface area contributed by atoms with Gasteiger partial charge in [-0.2, -0.15) is 0 Å². The predicted octanol–water partition coefficient (Wildman–Crippen LogP) is 1.04. The fourth-order valence-electron chi connectivity index (χ4n) is 3.31. The van der Waals surface area contributed by atoms with Crippen LogP contribution in [-0.2, 0) is 16.6 Å². The molecule has 3 rings (SSSR count). The highest BCUT2D eigenvalue weighted by atomic mass is 32.2. The average Bonchev–Trinajstić information content (AvgIpc) is 3.00. The number of fused-ring (bicyclic) bond motifs is 2. The van der Waals surface area contributed by atoms with Crippen LogP contribution in [0.1, 0.15) is 31.2 Å². The molecule has 1 heterocycles. The van der Waals surface area contributed by atoms with Crippen LogP contribution >= 0.6 is 0 Å². The van der Waals surface area contributed by atoms with Gasteiger partial charge in [0, 0.05) is 12.2 Å². The molecule has 0 aromatic carbocycles. The normalized spacial score (nSPS) is 29.8. The third-order valence-electron chi connectivity index (χ3n) is 4.30. The van der Waals surface area contributed by atoms with Gasteiger partial charge >= 0.3 is 0 Å². The number of rotatable bonds is 4. The van der Waals surface area contributed by atoms with Crippen molar-refractivity contribution in [1.29, 1.82) is 0 Å². The molecule has 0 amide bonds. The van der Waals surface area contributed by atoms with Gasteiger partial charge in [-0.25, -0.2) is 18.1 Å². The van der Waals surface area contributed by atoms with Crippen molar-refractivity contribution in [2.45, 2.75) is 43.4 Å². The number of hydrogen-bond donors (Lipinski definition) is 2. The van der Waals surface area contributed by atoms with Crippen molar-refractivity contribution >= 4 is 10.0 Å². The number of pyridine rings is 1. The number of nitrogens with zero attached hydrogens (tertiary/aromatic N) is 1. The van der Waals surface area contributed by atoms with E-state index in [1.54, 1.807) is 6.07 Å². The summed E-state index contributed by atoms with van der Waals surface area (Å²) < 4.78 is 27.2. The summed E-state index contributed by atoms with van der Waals surface area (Å²) in [6, 6.07) is 3.10. The molecular formula is C13H18N2O3S. The minimum atomic E-state index is -3.53. The van der Waals surface area contributed by atoms with E-state index in [2.05, 4.69) is 9.71 Å². The summed E-state index contributed by atoms with van der Waals surface area (Å²) in [6.45, 7) is -0.132. The van der Waals surface area contributed by atoms with E-state index >= 15 is 0 Å². The van der Waals surface area contributed by atoms with Gasteiger partial charge in [0.2, 0.25) is 0 Å². The average molecular weight is 282 g/mol. The SMILES string of the molecule is O=S(=O)(NC1CC2CCC1C2)c1ccc(CO)cn1. The molecule has 3 unspecified atom stereocenters. The third-order valence-corrected chi connectivity index (χ3v) is 5.71. The monoisotopic (exact) mass is 282 g/mol. The molecule has 3 atom stereocenters. The molecule has 0 saturated heterocycles. The van der Waals surface area contributed by atoms with Crippen LogP contribution in [0.15, 0.2) is 23.4 Å². The maximum absolute atomic E-state index is 12.2. The lowest BCUT2D eigenvalue weighted by atomic mass is 9.96. The Hall–Kier alpha value is -0.980. The first-order valence-electron chi connectivity index (χ1n) is 6.66. The molecule has 2 aliphatic rings. The molecule has 5 nitrogen and oxygen atoms in total. The molecule has 6 heteroatoms. The Bertz CT molecular complexity index is 556. The molecule has 2 saturated carbocycles. The second-order valence-corrected chi connectivity index (χ2v) is 7.23. The van der Waals surface area contributed by atoms with Crippen LogP contribution in [0.2, 0.25) is 0 Å². The molecule has 19 heavy (non-hydrogen) atoms. The van der Waals surface area contributed by atoms with Gasteiger partial charge in [-0.3, -0.25) is 0 Å². The highest BCUT2D eigenvalue weighted by molar-refractivity contribution is 7.89. The number of sulfonamides is 1. The number of aliphatic hydroxyl groups is 1. The second kappa shape index (κ2) is 4.85. The molecule has 2 N–H and O–H groups in total. The van der Waals surface area contributed by atoms with E-state index in [1.807, 2.05) is 0 Å². The fourth-order valence-corrected chi connectivity index (χ4v) is 4.56. The molecule has 0 aliphatic heterocycles. The minimum absolute atomic E-state index is 0.0347. The minimum Gasteiger partial charge on any atom is -0.392 e. The lowest BCUT2D eigenvalue weighted by Gasteiger charge is -2.22. The lowest BCUT2D eigenvalue weighted by Crippen LogP contribution is -2.38. The van der Waals surface area contributed by atoms with Crippen molar-refractivity contribution in [2.75, 3.05) is 0 Å². The van der Waals surface area contributed by atoms with E-state index in [0.717, 1.165) is 19.3 Å². The smallest absolute Gasteiger partial charge is 0.258 e. The molecule has 1 aromatic heterocycles. The van der Waals surface area contributed by atoms with Crippen molar-refractivity contribution in [3.63, 3.8) is 0 Å². The molecule has 2 bridgehead atoms. The standard InChI is InChI=1S/C13H18N2O3S/c16-8-10-2-4-13(14-7-10)19(17,18)15-12-6-9-1-3-11(12)5-9/h2,4,7,9,11-12,15-16H,1,3,5-6,8H2. The highest BCUT2D eigenvalue weighted by Crippen LogP contribution is 2.44. The van der Waals surface area contributed by atoms with Crippen LogP contribution in [0.4, 0.5) is 0 Å². The number of aliphatic hydroxyl groups excluding tert-OH is 1. The summed E-state index contributed by atoms with van der Waals surface area (Å²) in [6.07, 6.45) is 5.89. The van der Waals surface area contributed by atoms with Crippen molar-refractivity contribution in [3.8, 4) is 0 Å². The van der Waals surface area contributed by atoms with Crippen LogP contribution in [-0.4, -0.2) is 24.6 Å². The Morgan fingerprint density at radius 2 is 2.16 bits per heavy atom. The van der Waals surface area contributed by atoms with Crippen LogP contribution < -0.4 is 4.72 Å². The van der Waals surface area contributed by atoms with Gasteiger partial charge in [0.05, 0.1) is 6.61 Å². The quantitative estimate of drug-likeness (QED) is 0.865. The van der Waals surface area contributed by atoms with Crippen molar-refractivity contribution in [3.05, 3.63) is 23.9 Å². The summed E-state index contributed by atoms with van der Waals surface area (Å²) in [4.78, 5) is 3.91. The zero-order chi connectivity index (χ0) is 13.5. The van der Waals surface area contributed by atoms with Gasteiger partial charge in [0.15, 0.2) is 5.03 Å². The van der Waals surface area contributed by atoms with E-state index < -0.39 is 10.0 Å². The van der Waals surface area contributed by atoms with Crippen molar-refractivity contribution in [2.24, 2.45) is 11.8 Å². The van der Waals surface area contributed by atoms with Crippen LogP contribution in [0.25, 0.3) is 0 Å². The first kappa shape index (κ1) is 13.0. The van der Waals surface area contributed by atoms with E-state index in [4.69, 9.17) is 5.11 Å². The Morgan fingerprint density at radius 3 is 2.68 bits per heavy atom. The predicted molar refractivity (Wildman–Crippen MR) is 69.7 cm³/mol. The molecule has 0 radical (unpaired) electrons. The summed E-state index contributed by atoms with van der Waals surface area (Å²) in [5.41, 5.74) is 0.610. The van der Waals surface area contributed by atoms with Crippen molar-refractivity contribution in [1.82, 2.24) is 9.71 Å². The van der Waals surface area contributed by atoms with E-state index in [9.17, 15) is 8.42 Å². The summed E-state index contributed by atoms with van der Waals surface area (Å²) in [5.74, 6) is 1.19. The number of nitrogens with one attached hydrogen (secondary N) is 1. The topological polar surface area (TPSA) is 79.3 Å². The van der Waals surface area contributed by atoms with Gasteiger partial charge in [0.1, 0.15) is 0 Å². The molecule has 2 aliphatic carbocycles. The van der Waals surface area contributed by atoms with Crippen LogP contribution in [0.3, 0.4) is 0 Å². The third kappa shape index (κ3) is 2.52. The summed E-state index contributed by atoms with van der Waals surface area (Å²) >= 11 is 0. The maximum atomic E-state index is 12.2. The first-order chi connectivity index (χ1) is 9.08. The zero-order valence-corrected chi connectivity index (χ0v) is 11.4. The first-order valence-corrected chi connectivity index (χ1v) is 8.15. The second-order valence-electron chi connectivity index (χ2n) is 5.57. The van der Waals surface area contributed by atoms with Crippen LogP contribution in [0, 0.1) is 11.8 Å². The molecular weight excluding hydrogens is 264 g/mol. The molecule has 1 aromatic rings. The van der Waals surface area contributed by atoms with E-state index in [-0.39, 0.29) is 17.7 Å². The van der Waals surface area contributed by atoms with Gasteiger partial charge in [0.25, 0.3) is 10.0 Å². The van der Waals surface area contributed by atoms with Gasteiger partial charge < -0.3 is 5.11 Å². The number of aromatic nitrogens is 1. The molecule has 2 fully saturated rings. The highest BCUT2D eigenvalue weighted by Gasteiger charge is 2.41. The van der Waals surface area contributed by atoms with Crippen molar-refractivity contribution < 1.29 is 13.5 Å². The molecule has 0 spiro atoms. The van der Waals surface area contributed by atoms with E-state index in [0.29, 0.717) is 17.4 Å². The van der Waals surface area contributed by atoms with Crippen LogP contribution in [0.5, 0.6) is 0 Å².